The van der Waals surface area contributed by atoms with Crippen LogP contribution in [0.1, 0.15) is 38.9 Å². The summed E-state index contributed by atoms with van der Waals surface area (Å²) in [4.78, 5) is 43.2. The number of anilines is 1. The number of rotatable bonds is 9. The number of carbonyl (C=O) groups is 1. The van der Waals surface area contributed by atoms with Gasteiger partial charge in [0.1, 0.15) is 19.0 Å². The molecule has 3 aromatic rings. The van der Waals surface area contributed by atoms with Crippen LogP contribution >= 0.6 is 0 Å². The Hall–Kier alpha value is -3.20. The molecule has 1 amide bonds. The number of imidazole rings is 1. The predicted octanol–water partition coefficient (Wildman–Crippen LogP) is 1.70. The van der Waals surface area contributed by atoms with Crippen LogP contribution in [0.3, 0.4) is 0 Å². The molecule has 0 aliphatic carbocycles. The third kappa shape index (κ3) is 4.20. The Morgan fingerprint density at radius 1 is 1.03 bits per heavy atom. The van der Waals surface area contributed by atoms with Gasteiger partial charge in [-0.3, -0.25) is 14.2 Å². The van der Waals surface area contributed by atoms with Crippen molar-refractivity contribution in [1.82, 2.24) is 18.7 Å². The van der Waals surface area contributed by atoms with Gasteiger partial charge in [-0.15, -0.1) is 0 Å². The largest absolute Gasteiger partial charge is 0.388 e. The molecule has 0 spiro atoms. The van der Waals surface area contributed by atoms with Gasteiger partial charge in [0.25, 0.3) is 5.56 Å². The molecule has 1 aromatic carbocycles. The van der Waals surface area contributed by atoms with E-state index in [9.17, 15) is 19.5 Å². The predicted molar refractivity (Wildman–Crippen MR) is 114 cm³/mol. The molecule has 3 rings (SSSR count). The van der Waals surface area contributed by atoms with Gasteiger partial charge in [-0.2, -0.15) is 0 Å². The molecule has 0 fully saturated rings. The van der Waals surface area contributed by atoms with E-state index in [0.29, 0.717) is 24.6 Å². The van der Waals surface area contributed by atoms with E-state index < -0.39 is 23.7 Å². The Morgan fingerprint density at radius 2 is 1.77 bits per heavy atom. The SMILES string of the molecule is CCCCn1c(=O)n(CC(=O)Nc2ccccc2)c(=O)c2c1nc(CO)n2CCC. The number of fused-ring (bicyclic) bond motifs is 1. The zero-order valence-corrected chi connectivity index (χ0v) is 17.3. The van der Waals surface area contributed by atoms with Crippen molar-refractivity contribution in [3.8, 4) is 0 Å². The Morgan fingerprint density at radius 3 is 2.40 bits per heavy atom. The maximum atomic E-state index is 13.2. The Kier molecular flexibility index (Phi) is 6.83. The number of para-hydroxylation sites is 1. The lowest BCUT2D eigenvalue weighted by Crippen LogP contribution is -2.43. The molecular formula is C21H27N5O4. The molecule has 0 saturated heterocycles. The molecule has 0 aliphatic heterocycles. The lowest BCUT2D eigenvalue weighted by molar-refractivity contribution is -0.116. The van der Waals surface area contributed by atoms with E-state index in [4.69, 9.17) is 0 Å². The summed E-state index contributed by atoms with van der Waals surface area (Å²) in [5.41, 5.74) is -0.0669. The van der Waals surface area contributed by atoms with E-state index in [0.717, 1.165) is 23.8 Å². The molecule has 0 atom stereocenters. The molecule has 2 aromatic heterocycles. The van der Waals surface area contributed by atoms with Crippen molar-refractivity contribution in [3.05, 3.63) is 57.0 Å². The molecule has 0 saturated carbocycles. The zero-order chi connectivity index (χ0) is 21.7. The van der Waals surface area contributed by atoms with E-state index in [-0.39, 0.29) is 17.8 Å². The number of unbranched alkanes of at least 4 members (excludes halogenated alkanes) is 1. The second kappa shape index (κ2) is 9.53. The maximum absolute atomic E-state index is 13.2. The van der Waals surface area contributed by atoms with Crippen molar-refractivity contribution < 1.29 is 9.90 Å². The number of carbonyl (C=O) groups excluding carboxylic acids is 1. The number of hydrogen-bond acceptors (Lipinski definition) is 5. The van der Waals surface area contributed by atoms with Gasteiger partial charge in [0, 0.05) is 18.8 Å². The Labute approximate surface area is 173 Å². The number of nitrogens with zero attached hydrogens (tertiary/aromatic N) is 4. The summed E-state index contributed by atoms with van der Waals surface area (Å²) in [5.74, 6) is -0.134. The minimum absolute atomic E-state index is 0.240. The lowest BCUT2D eigenvalue weighted by Gasteiger charge is -2.12. The number of amides is 1. The number of benzene rings is 1. The fourth-order valence-electron chi connectivity index (χ4n) is 3.44. The highest BCUT2D eigenvalue weighted by Crippen LogP contribution is 2.14. The third-order valence-corrected chi connectivity index (χ3v) is 4.88. The fraction of sp³-hybridized carbons (Fsp3) is 0.429. The van der Waals surface area contributed by atoms with Crippen molar-refractivity contribution in [2.24, 2.45) is 0 Å². The van der Waals surface area contributed by atoms with Gasteiger partial charge in [0.15, 0.2) is 11.2 Å². The lowest BCUT2D eigenvalue weighted by atomic mass is 10.3. The molecule has 160 valence electrons. The average molecular weight is 413 g/mol. The second-order valence-electron chi connectivity index (χ2n) is 7.10. The first-order valence-electron chi connectivity index (χ1n) is 10.2. The summed E-state index contributed by atoms with van der Waals surface area (Å²) in [5, 5.41) is 12.4. The summed E-state index contributed by atoms with van der Waals surface area (Å²) in [6.45, 7) is 4.06. The van der Waals surface area contributed by atoms with Gasteiger partial charge in [-0.05, 0) is 25.0 Å². The number of hydrogen-bond donors (Lipinski definition) is 2. The first kappa shape index (κ1) is 21.5. The topological polar surface area (TPSA) is 111 Å². The highest BCUT2D eigenvalue weighted by Gasteiger charge is 2.22. The Bertz CT molecular complexity index is 1140. The normalized spacial score (nSPS) is 11.2. The molecular weight excluding hydrogens is 386 g/mol. The number of nitrogens with one attached hydrogen (secondary N) is 1. The molecule has 2 N–H and O–H groups in total. The van der Waals surface area contributed by atoms with Gasteiger partial charge < -0.3 is 15.0 Å². The van der Waals surface area contributed by atoms with Crippen LogP contribution in [-0.4, -0.2) is 29.7 Å². The minimum atomic E-state index is -0.577. The highest BCUT2D eigenvalue weighted by molar-refractivity contribution is 5.90. The van der Waals surface area contributed by atoms with Crippen molar-refractivity contribution in [1.29, 1.82) is 0 Å². The van der Waals surface area contributed by atoms with Gasteiger partial charge >= 0.3 is 5.69 Å². The van der Waals surface area contributed by atoms with Crippen LogP contribution in [0.15, 0.2) is 39.9 Å². The molecule has 0 radical (unpaired) electrons. The molecule has 30 heavy (non-hydrogen) atoms. The zero-order valence-electron chi connectivity index (χ0n) is 17.3. The monoisotopic (exact) mass is 413 g/mol. The number of aromatic nitrogens is 4. The first-order chi connectivity index (χ1) is 14.5. The first-order valence-corrected chi connectivity index (χ1v) is 10.2. The maximum Gasteiger partial charge on any atom is 0.333 e. The molecule has 0 unspecified atom stereocenters. The van der Waals surface area contributed by atoms with Crippen LogP contribution in [0.4, 0.5) is 5.69 Å². The molecule has 9 heteroatoms. The third-order valence-electron chi connectivity index (χ3n) is 4.88. The molecule has 9 nitrogen and oxygen atoms in total. The second-order valence-corrected chi connectivity index (χ2v) is 7.10. The van der Waals surface area contributed by atoms with Crippen LogP contribution in [0.5, 0.6) is 0 Å². The number of aryl methyl sites for hydroxylation is 2. The standard InChI is InChI=1S/C21H27N5O4/c1-3-5-12-25-19-18(24(11-4-2)16(14-27)23-19)20(29)26(21(25)30)13-17(28)22-15-9-7-6-8-10-15/h6-10,27H,3-5,11-14H2,1-2H3,(H,22,28). The summed E-state index contributed by atoms with van der Waals surface area (Å²) >= 11 is 0. The summed E-state index contributed by atoms with van der Waals surface area (Å²) in [6.07, 6.45) is 2.29. The van der Waals surface area contributed by atoms with Crippen molar-refractivity contribution in [3.63, 3.8) is 0 Å². The fourth-order valence-corrected chi connectivity index (χ4v) is 3.44. The van der Waals surface area contributed by atoms with Crippen molar-refractivity contribution in [2.75, 3.05) is 5.32 Å². The van der Waals surface area contributed by atoms with Gasteiger partial charge in [-0.25, -0.2) is 14.3 Å². The van der Waals surface area contributed by atoms with E-state index in [1.807, 2.05) is 19.9 Å². The molecule has 2 heterocycles. The summed E-state index contributed by atoms with van der Waals surface area (Å²) in [6, 6.07) is 8.85. The van der Waals surface area contributed by atoms with Crippen LogP contribution in [0.25, 0.3) is 11.2 Å². The van der Waals surface area contributed by atoms with E-state index >= 15 is 0 Å². The van der Waals surface area contributed by atoms with Gasteiger partial charge in [0.2, 0.25) is 5.91 Å². The minimum Gasteiger partial charge on any atom is -0.388 e. The van der Waals surface area contributed by atoms with E-state index in [2.05, 4.69) is 10.3 Å². The molecule has 0 aliphatic rings. The summed E-state index contributed by atoms with van der Waals surface area (Å²) in [7, 11) is 0. The van der Waals surface area contributed by atoms with Crippen LogP contribution in [0, 0.1) is 0 Å². The number of aliphatic hydroxyl groups is 1. The van der Waals surface area contributed by atoms with Crippen LogP contribution < -0.4 is 16.6 Å². The number of aliphatic hydroxyl groups excluding tert-OH is 1. The van der Waals surface area contributed by atoms with E-state index in [1.165, 1.54) is 4.57 Å². The smallest absolute Gasteiger partial charge is 0.333 e. The van der Waals surface area contributed by atoms with Crippen LogP contribution in [-0.2, 0) is 31.0 Å². The quantitative estimate of drug-likeness (QED) is 0.555. The van der Waals surface area contributed by atoms with Gasteiger partial charge in [0.05, 0.1) is 0 Å². The van der Waals surface area contributed by atoms with Gasteiger partial charge in [-0.1, -0.05) is 38.5 Å². The van der Waals surface area contributed by atoms with E-state index in [1.54, 1.807) is 28.8 Å². The van der Waals surface area contributed by atoms with Crippen LogP contribution in [0.2, 0.25) is 0 Å². The average Bonchev–Trinajstić information content (AvgIpc) is 3.10. The van der Waals surface area contributed by atoms with Crippen molar-refractivity contribution >= 4 is 22.8 Å². The van der Waals surface area contributed by atoms with Crippen molar-refractivity contribution in [2.45, 2.75) is 59.4 Å². The Balaban J connectivity index is 2.13. The highest BCUT2D eigenvalue weighted by atomic mass is 16.3. The molecule has 0 bridgehead atoms. The summed E-state index contributed by atoms with van der Waals surface area (Å²) < 4.78 is 4.03.